The Kier molecular flexibility index (Phi) is 9.16. The number of fused-ring (bicyclic) bond motifs is 1. The van der Waals surface area contributed by atoms with Gasteiger partial charge in [0.1, 0.15) is 11.9 Å². The number of amidine groups is 1. The van der Waals surface area contributed by atoms with Gasteiger partial charge in [0.15, 0.2) is 10.8 Å². The minimum Gasteiger partial charge on any atom is -0.481 e. The number of urea groups is 1. The third kappa shape index (κ3) is 6.19. The lowest BCUT2D eigenvalue weighted by atomic mass is 9.69. The number of carbonyl (C=O) groups excluding carboxylic acids is 2. The summed E-state index contributed by atoms with van der Waals surface area (Å²) in [7, 11) is 1.30. The van der Waals surface area contributed by atoms with E-state index < -0.39 is 29.2 Å². The van der Waals surface area contributed by atoms with Crippen LogP contribution in [0.4, 0.5) is 14.9 Å². The molecule has 2 aromatic carbocycles. The smallest absolute Gasteiger partial charge is 0.338 e. The van der Waals surface area contributed by atoms with Crippen LogP contribution in [-0.2, 0) is 19.7 Å². The molecule has 2 saturated heterocycles. The van der Waals surface area contributed by atoms with Crippen molar-refractivity contribution in [3.05, 3.63) is 92.3 Å². The van der Waals surface area contributed by atoms with Gasteiger partial charge in [0.25, 0.3) is 0 Å². The highest BCUT2D eigenvalue weighted by Crippen LogP contribution is 2.41. The number of methoxy groups -OCH3 is 1. The number of halogens is 2. The zero-order valence-electron chi connectivity index (χ0n) is 26.9. The summed E-state index contributed by atoms with van der Waals surface area (Å²) in [6.45, 7) is 2.39. The molecule has 4 aliphatic rings. The van der Waals surface area contributed by atoms with Crippen LogP contribution in [0.1, 0.15) is 54.3 Å². The van der Waals surface area contributed by atoms with Gasteiger partial charge in [-0.05, 0) is 42.7 Å². The van der Waals surface area contributed by atoms with Crippen LogP contribution in [0.25, 0.3) is 0 Å². The molecule has 3 aliphatic heterocycles. The van der Waals surface area contributed by atoms with Gasteiger partial charge in [0.05, 0.1) is 24.1 Å². The lowest BCUT2D eigenvalue weighted by Gasteiger charge is -2.38. The maximum atomic E-state index is 14.0. The van der Waals surface area contributed by atoms with E-state index in [2.05, 4.69) is 15.2 Å². The molecular formula is C35H36ClFN6O5S. The molecule has 14 heteroatoms. The molecule has 0 unspecified atom stereocenters. The van der Waals surface area contributed by atoms with Gasteiger partial charge in [-0.15, -0.1) is 11.3 Å². The van der Waals surface area contributed by atoms with E-state index in [0.717, 1.165) is 30.5 Å². The Morgan fingerprint density at radius 2 is 1.90 bits per heavy atom. The average Bonchev–Trinajstić information content (AvgIpc) is 3.76. The molecule has 1 saturated carbocycles. The molecule has 256 valence electrons. The molecular weight excluding hydrogens is 671 g/mol. The molecule has 0 bridgehead atoms. The molecule has 1 aliphatic carbocycles. The third-order valence-corrected chi connectivity index (χ3v) is 11.2. The molecule has 7 rings (SSSR count). The maximum absolute atomic E-state index is 14.0. The number of ether oxygens (including phenoxy) is 1. The predicted molar refractivity (Wildman–Crippen MR) is 183 cm³/mol. The number of benzene rings is 2. The van der Waals surface area contributed by atoms with E-state index in [1.54, 1.807) is 11.1 Å². The van der Waals surface area contributed by atoms with Crippen molar-refractivity contribution in [1.29, 1.82) is 0 Å². The Hall–Kier alpha value is -4.33. The van der Waals surface area contributed by atoms with Crippen molar-refractivity contribution in [2.24, 2.45) is 4.99 Å². The van der Waals surface area contributed by atoms with E-state index in [0.29, 0.717) is 67.7 Å². The van der Waals surface area contributed by atoms with E-state index in [-0.39, 0.29) is 22.7 Å². The maximum Gasteiger partial charge on any atom is 0.338 e. The van der Waals surface area contributed by atoms with Crippen molar-refractivity contribution in [3.8, 4) is 0 Å². The van der Waals surface area contributed by atoms with Gasteiger partial charge >= 0.3 is 18.0 Å². The van der Waals surface area contributed by atoms with Crippen molar-refractivity contribution in [2.45, 2.75) is 49.6 Å². The van der Waals surface area contributed by atoms with Crippen molar-refractivity contribution in [1.82, 2.24) is 20.1 Å². The molecule has 0 radical (unpaired) electrons. The second-order valence-corrected chi connectivity index (χ2v) is 14.2. The summed E-state index contributed by atoms with van der Waals surface area (Å²) in [6, 6.07) is 10.4. The summed E-state index contributed by atoms with van der Waals surface area (Å²) >= 11 is 7.89. The summed E-state index contributed by atoms with van der Waals surface area (Å²) in [5.74, 6) is -1.41. The minimum absolute atomic E-state index is 0.0857. The Labute approximate surface area is 292 Å². The first-order chi connectivity index (χ1) is 23.7. The third-order valence-electron chi connectivity index (χ3n) is 10.1. The number of amides is 2. The van der Waals surface area contributed by atoms with Crippen molar-refractivity contribution in [2.75, 3.05) is 44.7 Å². The van der Waals surface area contributed by atoms with Gasteiger partial charge < -0.3 is 20.1 Å². The summed E-state index contributed by atoms with van der Waals surface area (Å²) in [5, 5.41) is 16.0. The highest BCUT2D eigenvalue weighted by atomic mass is 35.5. The molecule has 2 amide bonds. The predicted octanol–water partition coefficient (Wildman–Crippen LogP) is 5.37. The normalized spacial score (nSPS) is 22.4. The van der Waals surface area contributed by atoms with Crippen LogP contribution in [0.3, 0.4) is 0 Å². The zero-order valence-corrected chi connectivity index (χ0v) is 28.5. The fourth-order valence-corrected chi connectivity index (χ4v) is 8.42. The Bertz CT molecular complexity index is 1830. The topological polar surface area (TPSA) is 128 Å². The Morgan fingerprint density at radius 3 is 2.57 bits per heavy atom. The number of aliphatic imine (C=N–C) groups is 1. The number of carbonyl (C=O) groups is 3. The van der Waals surface area contributed by atoms with E-state index in [1.165, 1.54) is 36.6 Å². The molecule has 2 N–H and O–H groups in total. The molecule has 3 fully saturated rings. The molecule has 1 aromatic heterocycles. The van der Waals surface area contributed by atoms with Gasteiger partial charge in [-0.25, -0.2) is 19.0 Å². The number of esters is 1. The van der Waals surface area contributed by atoms with Gasteiger partial charge in [-0.2, -0.15) is 0 Å². The van der Waals surface area contributed by atoms with Gasteiger partial charge in [0, 0.05) is 66.3 Å². The number of nitrogens with zero attached hydrogens (tertiary/aromatic N) is 5. The SMILES string of the molecule is COC(=O)C1=C(CN2CCN3C(=O)N(c4ccc(C5(C(=O)O)CCCCC5)cc4)C[C@@H]3C2)NC(c2nccs2)=N[C@H]1c1ccc(F)cc1Cl. The van der Waals surface area contributed by atoms with E-state index in [1.807, 2.05) is 34.5 Å². The number of aromatic nitrogens is 1. The van der Waals surface area contributed by atoms with Crippen LogP contribution in [0.15, 0.2) is 70.3 Å². The second-order valence-electron chi connectivity index (χ2n) is 12.9. The number of aliphatic carboxylic acids is 1. The Balaban J connectivity index is 1.13. The average molecular weight is 707 g/mol. The fourth-order valence-electron chi connectivity index (χ4n) is 7.56. The number of hydrogen-bond donors (Lipinski definition) is 2. The molecule has 0 spiro atoms. The molecule has 4 heterocycles. The number of carboxylic acid groups (broad SMARTS) is 1. The largest absolute Gasteiger partial charge is 0.481 e. The van der Waals surface area contributed by atoms with Crippen molar-refractivity contribution >= 4 is 52.4 Å². The van der Waals surface area contributed by atoms with Crippen LogP contribution >= 0.6 is 22.9 Å². The summed E-state index contributed by atoms with van der Waals surface area (Å²) in [5.41, 5.74) is 1.94. The number of rotatable bonds is 8. The standard InChI is InChI=1S/C35H36ClFN6O5S/c1-48-32(44)28-27(39-30(31-38-13-16-49-31)40-29(28)25-10-7-22(37)17-26(25)36)20-41-14-15-42-24(18-41)19-43(34(42)47)23-8-5-21(6-9-23)35(33(45)46)11-3-2-4-12-35/h5-10,13,16-17,24,29H,2-4,11-12,14-15,18-20H2,1H3,(H,39,40)(H,45,46)/t24-,29-/m0/s1. The monoisotopic (exact) mass is 706 g/mol. The summed E-state index contributed by atoms with van der Waals surface area (Å²) in [6.07, 6.45) is 5.73. The van der Waals surface area contributed by atoms with Crippen LogP contribution in [0.2, 0.25) is 5.02 Å². The number of piperazine rings is 1. The first-order valence-corrected chi connectivity index (χ1v) is 17.6. The van der Waals surface area contributed by atoms with Crippen LogP contribution in [-0.4, -0.2) is 89.6 Å². The van der Waals surface area contributed by atoms with E-state index in [9.17, 15) is 23.9 Å². The minimum atomic E-state index is -0.875. The number of hydrogen-bond acceptors (Lipinski definition) is 9. The number of carboxylic acids is 1. The summed E-state index contributed by atoms with van der Waals surface area (Å²) in [4.78, 5) is 54.3. The van der Waals surface area contributed by atoms with Gasteiger partial charge in [0.2, 0.25) is 0 Å². The first kappa shape index (κ1) is 33.2. The molecule has 11 nitrogen and oxygen atoms in total. The molecule has 49 heavy (non-hydrogen) atoms. The van der Waals surface area contributed by atoms with Gasteiger partial charge in [-0.3, -0.25) is 19.6 Å². The first-order valence-electron chi connectivity index (χ1n) is 16.3. The van der Waals surface area contributed by atoms with E-state index in [4.69, 9.17) is 21.3 Å². The molecule has 3 aromatic rings. The van der Waals surface area contributed by atoms with Crippen LogP contribution in [0, 0.1) is 5.82 Å². The van der Waals surface area contributed by atoms with Crippen LogP contribution in [0.5, 0.6) is 0 Å². The Morgan fingerprint density at radius 1 is 1.12 bits per heavy atom. The lowest BCUT2D eigenvalue weighted by molar-refractivity contribution is -0.145. The summed E-state index contributed by atoms with van der Waals surface area (Å²) < 4.78 is 19.2. The highest BCUT2D eigenvalue weighted by molar-refractivity contribution is 7.11. The number of thiazole rings is 1. The molecule has 2 atom stereocenters. The number of nitrogens with one attached hydrogen (secondary N) is 1. The van der Waals surface area contributed by atoms with Crippen LogP contribution < -0.4 is 10.2 Å². The lowest BCUT2D eigenvalue weighted by Crippen LogP contribution is -2.53. The quantitative estimate of drug-likeness (QED) is 0.300. The zero-order chi connectivity index (χ0) is 34.3. The second kappa shape index (κ2) is 13.5. The van der Waals surface area contributed by atoms with Crippen molar-refractivity contribution < 1.29 is 28.6 Å². The number of anilines is 1. The van der Waals surface area contributed by atoms with E-state index >= 15 is 0 Å². The van der Waals surface area contributed by atoms with Crippen molar-refractivity contribution in [3.63, 3.8) is 0 Å². The fraction of sp³-hybridized carbons (Fsp3) is 0.400. The van der Waals surface area contributed by atoms with Gasteiger partial charge in [-0.1, -0.05) is 49.1 Å². The highest BCUT2D eigenvalue weighted by Gasteiger charge is 2.44.